The van der Waals surface area contributed by atoms with Gasteiger partial charge < -0.3 is 14.6 Å². The lowest BCUT2D eigenvalue weighted by Gasteiger charge is -2.11. The molecular weight excluding hydrogens is 238 g/mol. The molecule has 1 atom stereocenters. The summed E-state index contributed by atoms with van der Waals surface area (Å²) in [5.41, 5.74) is 2.31. The Balaban J connectivity index is 2.10. The number of nitrogens with zero attached hydrogens (tertiary/aromatic N) is 2. The fourth-order valence-electron chi connectivity index (χ4n) is 2.22. The third-order valence-electron chi connectivity index (χ3n) is 3.27. The van der Waals surface area contributed by atoms with Crippen molar-refractivity contribution >= 4 is 0 Å². The Morgan fingerprint density at radius 1 is 1.37 bits per heavy atom. The van der Waals surface area contributed by atoms with Crippen molar-refractivity contribution in [1.29, 1.82) is 0 Å². The van der Waals surface area contributed by atoms with Crippen LogP contribution in [0.1, 0.15) is 30.6 Å². The van der Waals surface area contributed by atoms with E-state index >= 15 is 0 Å². The molecule has 4 heteroatoms. The molecule has 0 saturated carbocycles. The molecule has 4 nitrogen and oxygen atoms in total. The topological polar surface area (TPSA) is 39.1 Å². The average Bonchev–Trinajstić information content (AvgIpc) is 2.89. The van der Waals surface area contributed by atoms with Gasteiger partial charge in [-0.2, -0.15) is 0 Å². The highest BCUT2D eigenvalue weighted by molar-refractivity contribution is 5.19. The molecular formula is C15H21N3O. The lowest BCUT2D eigenvalue weighted by Crippen LogP contribution is -2.14. The monoisotopic (exact) mass is 259 g/mol. The number of ether oxygens (including phenoxy) is 1. The highest BCUT2D eigenvalue weighted by Gasteiger charge is 2.08. The second-order valence-electron chi connectivity index (χ2n) is 4.54. The Bertz CT molecular complexity index is 518. The fraction of sp³-hybridized carbons (Fsp3) is 0.400. The summed E-state index contributed by atoms with van der Waals surface area (Å²) in [5, 5.41) is 3.31. The first-order valence-electron chi connectivity index (χ1n) is 6.59. The van der Waals surface area contributed by atoms with Crippen molar-refractivity contribution in [1.82, 2.24) is 14.9 Å². The quantitative estimate of drug-likeness (QED) is 0.866. The number of aromatic nitrogens is 2. The molecule has 0 bridgehead atoms. The van der Waals surface area contributed by atoms with Gasteiger partial charge in [0.05, 0.1) is 19.3 Å². The maximum Gasteiger partial charge on any atom is 0.213 e. The second-order valence-corrected chi connectivity index (χ2v) is 4.54. The smallest absolute Gasteiger partial charge is 0.213 e. The first kappa shape index (κ1) is 13.6. The predicted molar refractivity (Wildman–Crippen MR) is 76.4 cm³/mol. The number of rotatable bonds is 6. The number of hydrogen-bond donors (Lipinski definition) is 1. The molecule has 102 valence electrons. The van der Waals surface area contributed by atoms with Crippen molar-refractivity contribution in [3.63, 3.8) is 0 Å². The molecule has 0 aliphatic heterocycles. The summed E-state index contributed by atoms with van der Waals surface area (Å²) in [7, 11) is 3.63. The van der Waals surface area contributed by atoms with Crippen LogP contribution in [0, 0.1) is 0 Å². The van der Waals surface area contributed by atoms with E-state index in [2.05, 4.69) is 40.3 Å². The first-order valence-corrected chi connectivity index (χ1v) is 6.59. The van der Waals surface area contributed by atoms with Crippen molar-refractivity contribution in [2.75, 3.05) is 14.2 Å². The molecule has 2 aromatic heterocycles. The molecule has 1 N–H and O–H groups in total. The molecule has 0 aliphatic rings. The minimum absolute atomic E-state index is 0.416. The molecule has 2 aromatic rings. The van der Waals surface area contributed by atoms with Gasteiger partial charge in [-0.15, -0.1) is 0 Å². The second kappa shape index (κ2) is 6.38. The van der Waals surface area contributed by atoms with Crippen molar-refractivity contribution in [3.05, 3.63) is 47.9 Å². The van der Waals surface area contributed by atoms with Gasteiger partial charge in [-0.3, -0.25) is 0 Å². The van der Waals surface area contributed by atoms with Crippen LogP contribution in [0.15, 0.2) is 36.7 Å². The molecule has 0 spiro atoms. The minimum atomic E-state index is 0.416. The van der Waals surface area contributed by atoms with E-state index in [4.69, 9.17) is 4.74 Å². The summed E-state index contributed by atoms with van der Waals surface area (Å²) in [6, 6.07) is 8.41. The summed E-state index contributed by atoms with van der Waals surface area (Å²) >= 11 is 0. The molecule has 0 fully saturated rings. The van der Waals surface area contributed by atoms with Crippen molar-refractivity contribution < 1.29 is 4.74 Å². The lowest BCUT2D eigenvalue weighted by atomic mass is 10.1. The van der Waals surface area contributed by atoms with E-state index in [1.54, 1.807) is 7.11 Å². The molecule has 0 radical (unpaired) electrons. The normalized spacial score (nSPS) is 12.4. The summed E-state index contributed by atoms with van der Waals surface area (Å²) < 4.78 is 7.29. The highest BCUT2D eigenvalue weighted by atomic mass is 16.5. The molecule has 0 aromatic carbocycles. The summed E-state index contributed by atoms with van der Waals surface area (Å²) in [6.07, 6.45) is 5.35. The Morgan fingerprint density at radius 3 is 2.89 bits per heavy atom. The van der Waals surface area contributed by atoms with E-state index < -0.39 is 0 Å². The van der Waals surface area contributed by atoms with Crippen LogP contribution < -0.4 is 10.1 Å². The molecule has 0 amide bonds. The molecule has 19 heavy (non-hydrogen) atoms. The van der Waals surface area contributed by atoms with Crippen LogP contribution in [0.3, 0.4) is 0 Å². The molecule has 0 saturated heterocycles. The van der Waals surface area contributed by atoms with E-state index in [1.807, 2.05) is 25.2 Å². The third kappa shape index (κ3) is 3.35. The van der Waals surface area contributed by atoms with E-state index in [-0.39, 0.29) is 0 Å². The van der Waals surface area contributed by atoms with Gasteiger partial charge in [0.2, 0.25) is 5.88 Å². The van der Waals surface area contributed by atoms with Gasteiger partial charge in [-0.25, -0.2) is 4.98 Å². The van der Waals surface area contributed by atoms with Gasteiger partial charge in [-0.05, 0) is 31.2 Å². The van der Waals surface area contributed by atoms with Crippen molar-refractivity contribution in [2.24, 2.45) is 0 Å². The molecule has 2 heterocycles. The van der Waals surface area contributed by atoms with Crippen molar-refractivity contribution in [3.8, 4) is 5.88 Å². The Labute approximate surface area is 114 Å². The third-order valence-corrected chi connectivity index (χ3v) is 3.27. The van der Waals surface area contributed by atoms with Crippen LogP contribution in [0.5, 0.6) is 5.88 Å². The maximum atomic E-state index is 5.14. The Hall–Kier alpha value is -1.81. The fourth-order valence-corrected chi connectivity index (χ4v) is 2.22. The zero-order chi connectivity index (χ0) is 13.7. The lowest BCUT2D eigenvalue weighted by molar-refractivity contribution is 0.396. The van der Waals surface area contributed by atoms with Gasteiger partial charge in [0.25, 0.3) is 0 Å². The molecule has 2 rings (SSSR count). The zero-order valence-electron chi connectivity index (χ0n) is 11.8. The largest absolute Gasteiger partial charge is 0.481 e. The number of nitrogens with one attached hydrogen (secondary N) is 1. The molecule has 0 aliphatic carbocycles. The van der Waals surface area contributed by atoms with Gasteiger partial charge in [0.15, 0.2) is 0 Å². The summed E-state index contributed by atoms with van der Waals surface area (Å²) in [6.45, 7) is 2.94. The summed E-state index contributed by atoms with van der Waals surface area (Å²) in [4.78, 5) is 4.42. The predicted octanol–water partition coefficient (Wildman–Crippen LogP) is 2.61. The van der Waals surface area contributed by atoms with Gasteiger partial charge in [-0.1, -0.05) is 13.0 Å². The standard InChI is InChI=1S/C15H21N3O/c1-4-14(16-2)12-8-9-18(10-12)11-13-6-5-7-15(17-13)19-3/h5-10,14,16H,4,11H2,1-3H3. The van der Waals surface area contributed by atoms with E-state index in [0.29, 0.717) is 11.9 Å². The SMILES string of the molecule is CCC(NC)c1ccn(Cc2cccc(OC)n2)c1. The van der Waals surface area contributed by atoms with E-state index in [0.717, 1.165) is 18.7 Å². The molecule has 1 unspecified atom stereocenters. The Morgan fingerprint density at radius 2 is 2.21 bits per heavy atom. The van der Waals surface area contributed by atoms with Crippen molar-refractivity contribution in [2.45, 2.75) is 25.9 Å². The van der Waals surface area contributed by atoms with Crippen LogP contribution in [0.4, 0.5) is 0 Å². The van der Waals surface area contributed by atoms with Crippen LogP contribution in [0.2, 0.25) is 0 Å². The van der Waals surface area contributed by atoms with E-state index in [1.165, 1.54) is 5.56 Å². The minimum Gasteiger partial charge on any atom is -0.481 e. The van der Waals surface area contributed by atoms with Crippen LogP contribution in [0.25, 0.3) is 0 Å². The van der Waals surface area contributed by atoms with Gasteiger partial charge in [0.1, 0.15) is 0 Å². The van der Waals surface area contributed by atoms with Gasteiger partial charge >= 0.3 is 0 Å². The van der Waals surface area contributed by atoms with Crippen LogP contribution in [-0.2, 0) is 6.54 Å². The number of pyridine rings is 1. The maximum absolute atomic E-state index is 5.14. The summed E-state index contributed by atoms with van der Waals surface area (Å²) in [5.74, 6) is 0.659. The zero-order valence-corrected chi connectivity index (χ0v) is 11.8. The van der Waals surface area contributed by atoms with E-state index in [9.17, 15) is 0 Å². The average molecular weight is 259 g/mol. The highest BCUT2D eigenvalue weighted by Crippen LogP contribution is 2.17. The van der Waals surface area contributed by atoms with Gasteiger partial charge in [0, 0.05) is 24.5 Å². The number of methoxy groups -OCH3 is 1. The van der Waals surface area contributed by atoms with Crippen LogP contribution >= 0.6 is 0 Å². The Kier molecular flexibility index (Phi) is 4.58. The number of hydrogen-bond acceptors (Lipinski definition) is 3. The first-order chi connectivity index (χ1) is 9.26. The van der Waals surface area contributed by atoms with Crippen LogP contribution in [-0.4, -0.2) is 23.7 Å².